The highest BCUT2D eigenvalue weighted by atomic mass is 35.5. The van der Waals surface area contributed by atoms with Crippen LogP contribution in [-0.2, 0) is 9.53 Å². The summed E-state index contributed by atoms with van der Waals surface area (Å²) in [6, 6.07) is 8.89. The molecular formula is C16H16ClNO2. The van der Waals surface area contributed by atoms with Gasteiger partial charge in [-0.3, -0.25) is 4.79 Å². The largest absolute Gasteiger partial charge is 0.433 e. The maximum absolute atomic E-state index is 11.9. The Balaban J connectivity index is 2.02. The highest BCUT2D eigenvalue weighted by Gasteiger charge is 2.22. The fourth-order valence-electron chi connectivity index (χ4n) is 2.34. The van der Waals surface area contributed by atoms with E-state index < -0.39 is 0 Å². The third-order valence-electron chi connectivity index (χ3n) is 3.51. The lowest BCUT2D eigenvalue weighted by molar-refractivity contribution is -0.143. The Bertz CT molecular complexity index is 537. The quantitative estimate of drug-likeness (QED) is 0.473. The smallest absolute Gasteiger partial charge is 0.313 e. The van der Waals surface area contributed by atoms with Crippen LogP contribution >= 0.6 is 11.6 Å². The van der Waals surface area contributed by atoms with Gasteiger partial charge in [0.05, 0.1) is 11.5 Å². The molecule has 20 heavy (non-hydrogen) atoms. The number of rotatable bonds is 3. The van der Waals surface area contributed by atoms with Gasteiger partial charge in [-0.15, -0.1) is 0 Å². The number of nitriles is 1. The Labute approximate surface area is 123 Å². The number of ether oxygens (including phenoxy) is 1. The Morgan fingerprint density at radius 1 is 1.25 bits per heavy atom. The standard InChI is InChI=1S/C16H16ClNO2/c17-15-8-6-12(7-9-15)14(10-18)11-20-16(19)13-4-2-1-3-5-13/h6-9,11,13H,1-5H2. The average Bonchev–Trinajstić information content (AvgIpc) is 2.50. The first-order valence-electron chi connectivity index (χ1n) is 6.77. The van der Waals surface area contributed by atoms with E-state index in [1.54, 1.807) is 24.3 Å². The van der Waals surface area contributed by atoms with E-state index in [1.165, 1.54) is 12.7 Å². The molecule has 0 aromatic heterocycles. The Morgan fingerprint density at radius 3 is 2.50 bits per heavy atom. The third-order valence-corrected chi connectivity index (χ3v) is 3.76. The van der Waals surface area contributed by atoms with E-state index in [-0.39, 0.29) is 11.9 Å². The number of nitrogens with zero attached hydrogens (tertiary/aromatic N) is 1. The van der Waals surface area contributed by atoms with Gasteiger partial charge in [-0.2, -0.15) is 5.26 Å². The minimum atomic E-state index is -0.230. The highest BCUT2D eigenvalue weighted by Crippen LogP contribution is 2.25. The molecule has 0 radical (unpaired) electrons. The summed E-state index contributed by atoms with van der Waals surface area (Å²) in [6.07, 6.45) is 6.36. The zero-order valence-corrected chi connectivity index (χ0v) is 11.9. The molecule has 1 aromatic rings. The van der Waals surface area contributed by atoms with E-state index in [9.17, 15) is 4.79 Å². The summed E-state index contributed by atoms with van der Waals surface area (Å²) in [7, 11) is 0. The van der Waals surface area contributed by atoms with E-state index in [2.05, 4.69) is 0 Å². The molecule has 3 nitrogen and oxygen atoms in total. The molecule has 1 aliphatic carbocycles. The fraction of sp³-hybridized carbons (Fsp3) is 0.375. The molecule has 1 aliphatic rings. The maximum Gasteiger partial charge on any atom is 0.313 e. The molecule has 104 valence electrons. The van der Waals surface area contributed by atoms with Crippen molar-refractivity contribution >= 4 is 23.1 Å². The topological polar surface area (TPSA) is 50.1 Å². The van der Waals surface area contributed by atoms with Crippen molar-refractivity contribution in [1.29, 1.82) is 5.26 Å². The Morgan fingerprint density at radius 2 is 1.90 bits per heavy atom. The van der Waals surface area contributed by atoms with Crippen molar-refractivity contribution in [2.24, 2.45) is 5.92 Å². The lowest BCUT2D eigenvalue weighted by atomic mass is 9.89. The van der Waals surface area contributed by atoms with Gasteiger partial charge in [0.2, 0.25) is 0 Å². The van der Waals surface area contributed by atoms with Crippen molar-refractivity contribution in [3.05, 3.63) is 41.1 Å². The lowest BCUT2D eigenvalue weighted by Gasteiger charge is -2.18. The van der Waals surface area contributed by atoms with Crippen LogP contribution in [-0.4, -0.2) is 5.97 Å². The van der Waals surface area contributed by atoms with Crippen LogP contribution < -0.4 is 0 Å². The summed E-state index contributed by atoms with van der Waals surface area (Å²) in [5.74, 6) is -0.253. The van der Waals surface area contributed by atoms with Gasteiger partial charge in [-0.25, -0.2) is 0 Å². The molecule has 1 fully saturated rings. The van der Waals surface area contributed by atoms with Gasteiger partial charge in [-0.1, -0.05) is 43.0 Å². The van der Waals surface area contributed by atoms with Gasteiger partial charge in [-0.05, 0) is 30.5 Å². The summed E-state index contributed by atoms with van der Waals surface area (Å²) in [6.45, 7) is 0. The Hall–Kier alpha value is -1.79. The van der Waals surface area contributed by atoms with Crippen molar-refractivity contribution in [3.8, 4) is 6.07 Å². The third kappa shape index (κ3) is 3.85. The maximum atomic E-state index is 11.9. The lowest BCUT2D eigenvalue weighted by Crippen LogP contribution is -2.18. The van der Waals surface area contributed by atoms with Gasteiger partial charge >= 0.3 is 5.97 Å². The van der Waals surface area contributed by atoms with Gasteiger partial charge in [0.1, 0.15) is 12.3 Å². The molecule has 0 spiro atoms. The van der Waals surface area contributed by atoms with E-state index in [0.717, 1.165) is 25.7 Å². The predicted molar refractivity (Wildman–Crippen MR) is 77.7 cm³/mol. The van der Waals surface area contributed by atoms with Crippen molar-refractivity contribution < 1.29 is 9.53 Å². The minimum Gasteiger partial charge on any atom is -0.433 e. The summed E-state index contributed by atoms with van der Waals surface area (Å²) in [4.78, 5) is 11.9. The summed E-state index contributed by atoms with van der Waals surface area (Å²) >= 11 is 5.80. The van der Waals surface area contributed by atoms with Crippen LogP contribution in [0.1, 0.15) is 37.7 Å². The van der Waals surface area contributed by atoms with Gasteiger partial charge < -0.3 is 4.74 Å². The molecule has 0 N–H and O–H groups in total. The second kappa shape index (κ2) is 7.12. The first-order valence-corrected chi connectivity index (χ1v) is 7.15. The molecule has 0 bridgehead atoms. The molecule has 2 rings (SSSR count). The van der Waals surface area contributed by atoms with Gasteiger partial charge in [0.15, 0.2) is 0 Å². The second-order valence-electron chi connectivity index (χ2n) is 4.92. The van der Waals surface area contributed by atoms with Crippen molar-refractivity contribution in [2.45, 2.75) is 32.1 Å². The number of benzene rings is 1. The predicted octanol–water partition coefficient (Wildman–Crippen LogP) is 4.33. The van der Waals surface area contributed by atoms with Crippen molar-refractivity contribution in [2.75, 3.05) is 0 Å². The molecule has 0 aliphatic heterocycles. The zero-order valence-electron chi connectivity index (χ0n) is 11.1. The fourth-order valence-corrected chi connectivity index (χ4v) is 2.47. The normalized spacial score (nSPS) is 16.5. The van der Waals surface area contributed by atoms with Crippen LogP contribution in [0.3, 0.4) is 0 Å². The molecule has 1 saturated carbocycles. The van der Waals surface area contributed by atoms with Crippen LogP contribution in [0.2, 0.25) is 5.02 Å². The van der Waals surface area contributed by atoms with Gasteiger partial charge in [0, 0.05) is 5.02 Å². The first-order chi connectivity index (χ1) is 9.70. The first kappa shape index (κ1) is 14.6. The van der Waals surface area contributed by atoms with Crippen LogP contribution in [0.25, 0.3) is 5.57 Å². The van der Waals surface area contributed by atoms with Crippen molar-refractivity contribution in [3.63, 3.8) is 0 Å². The van der Waals surface area contributed by atoms with Gasteiger partial charge in [0.25, 0.3) is 0 Å². The molecule has 0 saturated heterocycles. The molecule has 0 heterocycles. The minimum absolute atomic E-state index is 0.0230. The molecule has 0 unspecified atom stereocenters. The Kier molecular flexibility index (Phi) is 5.20. The van der Waals surface area contributed by atoms with Crippen LogP contribution in [0, 0.1) is 17.2 Å². The van der Waals surface area contributed by atoms with Crippen LogP contribution in [0.15, 0.2) is 30.5 Å². The average molecular weight is 290 g/mol. The summed E-state index contributed by atoms with van der Waals surface area (Å²) in [5, 5.41) is 9.73. The number of hydrogen-bond acceptors (Lipinski definition) is 3. The van der Waals surface area contributed by atoms with Crippen LogP contribution in [0.5, 0.6) is 0 Å². The molecule has 1 aromatic carbocycles. The van der Waals surface area contributed by atoms with E-state index in [1.807, 2.05) is 6.07 Å². The van der Waals surface area contributed by atoms with Crippen molar-refractivity contribution in [1.82, 2.24) is 0 Å². The highest BCUT2D eigenvalue weighted by molar-refractivity contribution is 6.30. The number of hydrogen-bond donors (Lipinski definition) is 0. The monoisotopic (exact) mass is 289 g/mol. The molecule has 0 amide bonds. The number of halogens is 1. The van der Waals surface area contributed by atoms with E-state index >= 15 is 0 Å². The summed E-state index contributed by atoms with van der Waals surface area (Å²) < 4.78 is 5.16. The number of carbonyl (C=O) groups is 1. The second-order valence-corrected chi connectivity index (χ2v) is 5.36. The molecule has 4 heteroatoms. The SMILES string of the molecule is N#CC(=COC(=O)C1CCCCC1)c1ccc(Cl)cc1. The van der Waals surface area contributed by atoms with E-state index in [4.69, 9.17) is 21.6 Å². The number of esters is 1. The van der Waals surface area contributed by atoms with Crippen LogP contribution in [0.4, 0.5) is 0 Å². The summed E-state index contributed by atoms with van der Waals surface area (Å²) in [5.41, 5.74) is 1.01. The number of carbonyl (C=O) groups excluding carboxylic acids is 1. The number of allylic oxidation sites excluding steroid dienone is 1. The zero-order chi connectivity index (χ0) is 14.4. The van der Waals surface area contributed by atoms with E-state index in [0.29, 0.717) is 16.2 Å². The molecule has 0 atom stereocenters. The molecular weight excluding hydrogens is 274 g/mol.